The second-order valence-corrected chi connectivity index (χ2v) is 12.3. The van der Waals surface area contributed by atoms with E-state index in [1.54, 1.807) is 0 Å². The molecule has 0 aromatic carbocycles. The number of rotatable bonds is 29. The molecule has 9 nitrogen and oxygen atoms in total. The molecule has 0 aromatic heterocycles. The predicted octanol–water partition coefficient (Wildman–Crippen LogP) is 6.30. The molecule has 1 aliphatic heterocycles. The molecule has 45 heavy (non-hydrogen) atoms. The monoisotopic (exact) mass is 642 g/mol. The number of allylic oxidation sites excluding steroid dienone is 4. The van der Waals surface area contributed by atoms with Crippen LogP contribution in [0.5, 0.6) is 0 Å². The van der Waals surface area contributed by atoms with Crippen LogP contribution >= 0.6 is 0 Å². The highest BCUT2D eigenvalue weighted by atomic mass is 16.7. The van der Waals surface area contributed by atoms with Gasteiger partial charge in [-0.3, -0.25) is 4.79 Å². The van der Waals surface area contributed by atoms with Gasteiger partial charge in [-0.05, 0) is 44.9 Å². The summed E-state index contributed by atoms with van der Waals surface area (Å²) >= 11 is 0. The molecule has 6 unspecified atom stereocenters. The fourth-order valence-corrected chi connectivity index (χ4v) is 5.23. The van der Waals surface area contributed by atoms with Gasteiger partial charge in [-0.1, -0.05) is 109 Å². The highest BCUT2D eigenvalue weighted by Gasteiger charge is 2.44. The molecule has 0 bridgehead atoms. The second kappa shape index (κ2) is 28.9. The fourth-order valence-electron chi connectivity index (χ4n) is 5.23. The molecule has 1 heterocycles. The van der Waals surface area contributed by atoms with Gasteiger partial charge in [0.25, 0.3) is 0 Å². The van der Waals surface area contributed by atoms with Gasteiger partial charge in [0, 0.05) is 13.0 Å². The first-order valence-corrected chi connectivity index (χ1v) is 17.9. The van der Waals surface area contributed by atoms with E-state index in [1.165, 1.54) is 57.8 Å². The summed E-state index contributed by atoms with van der Waals surface area (Å²) in [5.74, 6) is -0.332. The Labute approximate surface area is 273 Å². The van der Waals surface area contributed by atoms with E-state index in [1.807, 2.05) is 0 Å². The van der Waals surface area contributed by atoms with Crippen molar-refractivity contribution >= 4 is 5.97 Å². The van der Waals surface area contributed by atoms with Crippen molar-refractivity contribution < 1.29 is 44.2 Å². The van der Waals surface area contributed by atoms with E-state index in [9.17, 15) is 25.2 Å². The Hall–Kier alpha value is -1.33. The Morgan fingerprint density at radius 2 is 1.29 bits per heavy atom. The fraction of sp³-hybridized carbons (Fsp3) is 0.861. The van der Waals surface area contributed by atoms with Crippen LogP contribution < -0.4 is 0 Å². The van der Waals surface area contributed by atoms with Crippen molar-refractivity contribution in [2.24, 2.45) is 0 Å². The zero-order chi connectivity index (χ0) is 33.0. The number of carbonyl (C=O) groups is 1. The Bertz CT molecular complexity index is 742. The number of ether oxygens (including phenoxy) is 4. The molecule has 1 saturated heterocycles. The third kappa shape index (κ3) is 21.2. The molecular weight excluding hydrogens is 576 g/mol. The van der Waals surface area contributed by atoms with Crippen molar-refractivity contribution in [1.29, 1.82) is 0 Å². The van der Waals surface area contributed by atoms with Gasteiger partial charge in [-0.25, -0.2) is 0 Å². The van der Waals surface area contributed by atoms with E-state index >= 15 is 0 Å². The molecule has 6 atom stereocenters. The molecule has 1 aliphatic rings. The van der Waals surface area contributed by atoms with E-state index in [-0.39, 0.29) is 19.2 Å². The summed E-state index contributed by atoms with van der Waals surface area (Å²) in [6.07, 6.45) is 22.2. The van der Waals surface area contributed by atoms with Gasteiger partial charge in [0.05, 0.1) is 19.8 Å². The van der Waals surface area contributed by atoms with Crippen LogP contribution in [0.2, 0.25) is 0 Å². The van der Waals surface area contributed by atoms with Crippen LogP contribution in [-0.2, 0) is 23.7 Å². The maximum Gasteiger partial charge on any atom is 0.306 e. The van der Waals surface area contributed by atoms with Crippen LogP contribution in [-0.4, -0.2) is 89.6 Å². The van der Waals surface area contributed by atoms with Crippen LogP contribution in [0.1, 0.15) is 136 Å². The van der Waals surface area contributed by atoms with Crippen molar-refractivity contribution in [1.82, 2.24) is 0 Å². The van der Waals surface area contributed by atoms with Crippen LogP contribution in [0.4, 0.5) is 0 Å². The minimum absolute atomic E-state index is 0.118. The average Bonchev–Trinajstić information content (AvgIpc) is 3.04. The number of esters is 1. The van der Waals surface area contributed by atoms with Gasteiger partial charge in [-0.2, -0.15) is 0 Å². The smallest absolute Gasteiger partial charge is 0.306 e. The molecule has 0 spiro atoms. The van der Waals surface area contributed by atoms with E-state index in [0.717, 1.165) is 57.8 Å². The zero-order valence-corrected chi connectivity index (χ0v) is 28.4. The normalized spacial score (nSPS) is 22.8. The Balaban J connectivity index is 2.32. The Morgan fingerprint density at radius 1 is 0.711 bits per heavy atom. The summed E-state index contributed by atoms with van der Waals surface area (Å²) in [6, 6.07) is 0. The highest BCUT2D eigenvalue weighted by molar-refractivity contribution is 5.69. The number of hydrogen-bond acceptors (Lipinski definition) is 9. The van der Waals surface area contributed by atoms with Crippen LogP contribution in [0.25, 0.3) is 0 Å². The molecule has 0 saturated carbocycles. The molecule has 0 aromatic rings. The Kier molecular flexibility index (Phi) is 26.7. The third-order valence-electron chi connectivity index (χ3n) is 8.12. The van der Waals surface area contributed by atoms with Gasteiger partial charge < -0.3 is 39.4 Å². The number of aliphatic hydroxyl groups excluding tert-OH is 4. The van der Waals surface area contributed by atoms with Gasteiger partial charge in [0.15, 0.2) is 6.29 Å². The molecule has 4 N–H and O–H groups in total. The standard InChI is InChI=1S/C36H66O9/c1-3-5-7-9-11-12-13-14-15-16-17-18-19-20-21-23-25-32(38)44-30(28-42-26-24-22-10-8-6-4-2)29-43-36-35(41)34(40)33(39)31(27-37)45-36/h12-13,15-16,30-31,33-37,39-41H,3-11,14,17-29H2,1-2H3/b13-12-,16-15-. The largest absolute Gasteiger partial charge is 0.457 e. The second-order valence-electron chi connectivity index (χ2n) is 12.3. The van der Waals surface area contributed by atoms with E-state index < -0.39 is 43.4 Å². The first-order chi connectivity index (χ1) is 21.9. The molecular formula is C36H66O9. The first kappa shape index (κ1) is 41.7. The lowest BCUT2D eigenvalue weighted by atomic mass is 9.99. The van der Waals surface area contributed by atoms with Crippen molar-refractivity contribution in [3.8, 4) is 0 Å². The summed E-state index contributed by atoms with van der Waals surface area (Å²) in [7, 11) is 0. The number of aliphatic hydroxyl groups is 4. The molecule has 0 amide bonds. The maximum atomic E-state index is 12.6. The molecule has 1 rings (SSSR count). The zero-order valence-electron chi connectivity index (χ0n) is 28.4. The van der Waals surface area contributed by atoms with E-state index in [4.69, 9.17) is 18.9 Å². The summed E-state index contributed by atoms with van der Waals surface area (Å²) < 4.78 is 22.5. The average molecular weight is 643 g/mol. The summed E-state index contributed by atoms with van der Waals surface area (Å²) in [5.41, 5.74) is 0. The lowest BCUT2D eigenvalue weighted by Crippen LogP contribution is -2.59. The SMILES string of the molecule is CCCCCC/C=C\C/C=C\CCCCCCCC(=O)OC(COCCCCCCCC)COC1OC(CO)C(O)C(O)C1O. The van der Waals surface area contributed by atoms with E-state index in [0.29, 0.717) is 13.0 Å². The minimum Gasteiger partial charge on any atom is -0.457 e. The van der Waals surface area contributed by atoms with Gasteiger partial charge >= 0.3 is 5.97 Å². The third-order valence-corrected chi connectivity index (χ3v) is 8.12. The number of unbranched alkanes of at least 4 members (excludes halogenated alkanes) is 14. The van der Waals surface area contributed by atoms with Crippen molar-refractivity contribution in [2.45, 2.75) is 173 Å². The van der Waals surface area contributed by atoms with Gasteiger partial charge in [0.1, 0.15) is 30.5 Å². The molecule has 1 fully saturated rings. The lowest BCUT2D eigenvalue weighted by molar-refractivity contribution is -0.305. The van der Waals surface area contributed by atoms with Crippen molar-refractivity contribution in [2.75, 3.05) is 26.4 Å². The summed E-state index contributed by atoms with van der Waals surface area (Å²) in [4.78, 5) is 12.6. The van der Waals surface area contributed by atoms with Gasteiger partial charge in [-0.15, -0.1) is 0 Å². The van der Waals surface area contributed by atoms with E-state index in [2.05, 4.69) is 38.2 Å². The molecule has 264 valence electrons. The number of carbonyl (C=O) groups excluding carboxylic acids is 1. The molecule has 0 aliphatic carbocycles. The minimum atomic E-state index is -1.53. The highest BCUT2D eigenvalue weighted by Crippen LogP contribution is 2.22. The summed E-state index contributed by atoms with van der Waals surface area (Å²) in [6.45, 7) is 4.45. The van der Waals surface area contributed by atoms with Crippen LogP contribution in [0.15, 0.2) is 24.3 Å². The Morgan fingerprint density at radius 3 is 1.93 bits per heavy atom. The quantitative estimate of drug-likeness (QED) is 0.0421. The number of hydrogen-bond donors (Lipinski definition) is 4. The maximum absolute atomic E-state index is 12.6. The van der Waals surface area contributed by atoms with Crippen LogP contribution in [0.3, 0.4) is 0 Å². The summed E-state index contributed by atoms with van der Waals surface area (Å²) in [5, 5.41) is 39.7. The lowest BCUT2D eigenvalue weighted by Gasteiger charge is -2.39. The van der Waals surface area contributed by atoms with Crippen molar-refractivity contribution in [3.05, 3.63) is 24.3 Å². The topological polar surface area (TPSA) is 135 Å². The predicted molar refractivity (Wildman–Crippen MR) is 178 cm³/mol. The first-order valence-electron chi connectivity index (χ1n) is 17.9. The molecule has 9 heteroatoms. The van der Waals surface area contributed by atoms with Crippen molar-refractivity contribution in [3.63, 3.8) is 0 Å². The molecule has 0 radical (unpaired) electrons. The van der Waals surface area contributed by atoms with Crippen LogP contribution in [0, 0.1) is 0 Å². The van der Waals surface area contributed by atoms with Gasteiger partial charge in [0.2, 0.25) is 0 Å².